The summed E-state index contributed by atoms with van der Waals surface area (Å²) in [4.78, 5) is 0. The van der Waals surface area contributed by atoms with Gasteiger partial charge in [-0.05, 0) is 38.4 Å². The molecular formula is C9H13NO. The van der Waals surface area contributed by atoms with Crippen molar-refractivity contribution in [2.75, 3.05) is 6.54 Å². The van der Waals surface area contributed by atoms with Crippen molar-refractivity contribution in [2.45, 2.75) is 26.3 Å². The lowest BCUT2D eigenvalue weighted by Gasteiger charge is -2.25. The molecule has 1 N–H and O–H groups in total. The zero-order chi connectivity index (χ0) is 7.84. The molecule has 1 aliphatic rings. The summed E-state index contributed by atoms with van der Waals surface area (Å²) in [5.74, 6) is 2.15. The number of rotatable bonds is 1. The third-order valence-electron chi connectivity index (χ3n) is 2.35. The van der Waals surface area contributed by atoms with E-state index in [-0.39, 0.29) is 0 Å². The van der Waals surface area contributed by atoms with E-state index in [1.807, 2.05) is 6.92 Å². The van der Waals surface area contributed by atoms with E-state index in [0.29, 0.717) is 6.04 Å². The molecule has 1 atom stereocenters. The van der Waals surface area contributed by atoms with Crippen LogP contribution in [0.5, 0.6) is 0 Å². The monoisotopic (exact) mass is 151 g/mol. The van der Waals surface area contributed by atoms with Crippen LogP contribution in [0.25, 0.3) is 0 Å². The Morgan fingerprint density at radius 1 is 1.55 bits per heavy atom. The fraction of sp³-hybridized carbons (Fsp3) is 0.556. The summed E-state index contributed by atoms with van der Waals surface area (Å²) in [6.07, 6.45) is 1.21. The van der Waals surface area contributed by atoms with Crippen LogP contribution in [0.2, 0.25) is 0 Å². The van der Waals surface area contributed by atoms with Crippen molar-refractivity contribution < 1.29 is 4.42 Å². The second-order valence-corrected chi connectivity index (χ2v) is 3.18. The van der Waals surface area contributed by atoms with Gasteiger partial charge in [0.2, 0.25) is 0 Å². The zero-order valence-electron chi connectivity index (χ0n) is 6.98. The third kappa shape index (κ3) is 1.07. The summed E-state index contributed by atoms with van der Waals surface area (Å²) < 4.78 is 5.56. The lowest BCUT2D eigenvalue weighted by atomic mass is 10.0. The fourth-order valence-electron chi connectivity index (χ4n) is 1.31. The van der Waals surface area contributed by atoms with Gasteiger partial charge in [0.05, 0.1) is 6.04 Å². The van der Waals surface area contributed by atoms with Crippen LogP contribution in [0.15, 0.2) is 10.5 Å². The van der Waals surface area contributed by atoms with E-state index in [2.05, 4.69) is 18.3 Å². The van der Waals surface area contributed by atoms with Gasteiger partial charge in [-0.3, -0.25) is 0 Å². The summed E-state index contributed by atoms with van der Waals surface area (Å²) in [7, 11) is 0. The quantitative estimate of drug-likeness (QED) is 0.663. The van der Waals surface area contributed by atoms with Crippen molar-refractivity contribution in [3.8, 4) is 0 Å². The van der Waals surface area contributed by atoms with Gasteiger partial charge < -0.3 is 9.73 Å². The first-order valence-corrected chi connectivity index (χ1v) is 4.07. The van der Waals surface area contributed by atoms with Crippen LogP contribution in [-0.4, -0.2) is 6.54 Å². The van der Waals surface area contributed by atoms with E-state index in [9.17, 15) is 0 Å². The minimum Gasteiger partial charge on any atom is -0.464 e. The molecule has 2 heteroatoms. The van der Waals surface area contributed by atoms with Crippen molar-refractivity contribution in [2.24, 2.45) is 0 Å². The normalized spacial score (nSPS) is 23.3. The molecule has 60 valence electrons. The molecule has 1 saturated heterocycles. The highest BCUT2D eigenvalue weighted by atomic mass is 16.3. The molecule has 2 nitrogen and oxygen atoms in total. The van der Waals surface area contributed by atoms with E-state index < -0.39 is 0 Å². The zero-order valence-corrected chi connectivity index (χ0v) is 6.98. The van der Waals surface area contributed by atoms with Gasteiger partial charge in [-0.15, -0.1) is 0 Å². The number of aryl methyl sites for hydroxylation is 2. The molecule has 0 spiro atoms. The summed E-state index contributed by atoms with van der Waals surface area (Å²) in [6.45, 7) is 5.22. The van der Waals surface area contributed by atoms with Crippen LogP contribution >= 0.6 is 0 Å². The Morgan fingerprint density at radius 2 is 2.27 bits per heavy atom. The molecule has 0 radical (unpaired) electrons. The molecule has 0 saturated carbocycles. The molecule has 11 heavy (non-hydrogen) atoms. The predicted molar refractivity (Wildman–Crippen MR) is 43.5 cm³/mol. The van der Waals surface area contributed by atoms with Crippen molar-refractivity contribution in [1.82, 2.24) is 5.32 Å². The number of hydrogen-bond acceptors (Lipinski definition) is 2. The first-order valence-electron chi connectivity index (χ1n) is 4.07. The average molecular weight is 151 g/mol. The van der Waals surface area contributed by atoms with Gasteiger partial charge in [0.1, 0.15) is 11.5 Å². The van der Waals surface area contributed by atoms with E-state index in [4.69, 9.17) is 4.42 Å². The Hall–Kier alpha value is -0.760. The Labute approximate surface area is 66.6 Å². The van der Waals surface area contributed by atoms with Gasteiger partial charge in [-0.1, -0.05) is 0 Å². The van der Waals surface area contributed by atoms with Crippen LogP contribution in [0.1, 0.15) is 29.5 Å². The first-order chi connectivity index (χ1) is 5.27. The van der Waals surface area contributed by atoms with Gasteiger partial charge in [0.15, 0.2) is 0 Å². The minimum atomic E-state index is 0.488. The molecule has 1 aromatic heterocycles. The van der Waals surface area contributed by atoms with Crippen LogP contribution in [-0.2, 0) is 0 Å². The SMILES string of the molecule is Cc1cc([C@@H]2CCN2)oc1C. The highest BCUT2D eigenvalue weighted by molar-refractivity contribution is 5.21. The summed E-state index contributed by atoms with van der Waals surface area (Å²) >= 11 is 0. The molecule has 2 heterocycles. The molecule has 1 aromatic rings. The standard InChI is InChI=1S/C9H13NO/c1-6-5-9(11-7(6)2)8-3-4-10-8/h5,8,10H,3-4H2,1-2H3/t8-/m0/s1. The van der Waals surface area contributed by atoms with Gasteiger partial charge in [0, 0.05) is 0 Å². The molecular weight excluding hydrogens is 138 g/mol. The highest BCUT2D eigenvalue weighted by Gasteiger charge is 2.21. The molecule has 0 bridgehead atoms. The van der Waals surface area contributed by atoms with Crippen LogP contribution in [0.3, 0.4) is 0 Å². The number of nitrogens with one attached hydrogen (secondary N) is 1. The highest BCUT2D eigenvalue weighted by Crippen LogP contribution is 2.26. The molecule has 0 unspecified atom stereocenters. The van der Waals surface area contributed by atoms with Crippen molar-refractivity contribution in [3.63, 3.8) is 0 Å². The second kappa shape index (κ2) is 2.38. The van der Waals surface area contributed by atoms with Crippen molar-refractivity contribution in [1.29, 1.82) is 0 Å². The fourth-order valence-corrected chi connectivity index (χ4v) is 1.31. The topological polar surface area (TPSA) is 25.2 Å². The Balaban J connectivity index is 2.24. The Kier molecular flexibility index (Phi) is 1.50. The molecule has 0 aromatic carbocycles. The molecule has 2 rings (SSSR count). The third-order valence-corrected chi connectivity index (χ3v) is 2.35. The van der Waals surface area contributed by atoms with E-state index >= 15 is 0 Å². The Bertz CT molecular complexity index is 241. The minimum absolute atomic E-state index is 0.488. The Morgan fingerprint density at radius 3 is 2.64 bits per heavy atom. The average Bonchev–Trinajstić information content (AvgIpc) is 2.08. The van der Waals surface area contributed by atoms with Crippen LogP contribution in [0, 0.1) is 13.8 Å². The lowest BCUT2D eigenvalue weighted by molar-refractivity contribution is 0.314. The first kappa shape index (κ1) is 6.92. The van der Waals surface area contributed by atoms with E-state index in [1.54, 1.807) is 0 Å². The van der Waals surface area contributed by atoms with Gasteiger partial charge in [0.25, 0.3) is 0 Å². The summed E-state index contributed by atoms with van der Waals surface area (Å²) in [5.41, 5.74) is 1.26. The number of furan rings is 1. The summed E-state index contributed by atoms with van der Waals surface area (Å²) in [6, 6.07) is 2.62. The van der Waals surface area contributed by atoms with Gasteiger partial charge in [-0.25, -0.2) is 0 Å². The maximum atomic E-state index is 5.56. The number of hydrogen-bond donors (Lipinski definition) is 1. The molecule has 0 aliphatic carbocycles. The van der Waals surface area contributed by atoms with E-state index in [1.165, 1.54) is 12.0 Å². The smallest absolute Gasteiger partial charge is 0.121 e. The van der Waals surface area contributed by atoms with Crippen LogP contribution < -0.4 is 5.32 Å². The second-order valence-electron chi connectivity index (χ2n) is 3.18. The van der Waals surface area contributed by atoms with Crippen LogP contribution in [0.4, 0.5) is 0 Å². The molecule has 0 amide bonds. The molecule has 1 aliphatic heterocycles. The lowest BCUT2D eigenvalue weighted by Crippen LogP contribution is -2.34. The van der Waals surface area contributed by atoms with E-state index in [0.717, 1.165) is 18.1 Å². The predicted octanol–water partition coefficient (Wildman–Crippen LogP) is 1.93. The maximum absolute atomic E-state index is 5.56. The van der Waals surface area contributed by atoms with Gasteiger partial charge >= 0.3 is 0 Å². The van der Waals surface area contributed by atoms with Gasteiger partial charge in [-0.2, -0.15) is 0 Å². The molecule has 1 fully saturated rings. The van der Waals surface area contributed by atoms with Crippen molar-refractivity contribution in [3.05, 3.63) is 23.2 Å². The maximum Gasteiger partial charge on any atom is 0.121 e. The van der Waals surface area contributed by atoms with Crippen molar-refractivity contribution >= 4 is 0 Å². The largest absolute Gasteiger partial charge is 0.464 e. The summed E-state index contributed by atoms with van der Waals surface area (Å²) in [5, 5.41) is 3.31.